The average Bonchev–Trinajstić information content (AvgIpc) is 2.92. The van der Waals surface area contributed by atoms with Gasteiger partial charge in [-0.3, -0.25) is 9.48 Å². The first-order chi connectivity index (χ1) is 13.7. The van der Waals surface area contributed by atoms with E-state index >= 15 is 0 Å². The van der Waals surface area contributed by atoms with Crippen LogP contribution in [-0.4, -0.2) is 34.3 Å². The van der Waals surface area contributed by atoms with Crippen molar-refractivity contribution in [3.8, 4) is 0 Å². The summed E-state index contributed by atoms with van der Waals surface area (Å²) in [6, 6.07) is 7.62. The standard InChI is InChI=1S/C22H28ClN3O3/c1-14(2)12-24-22(28)17(5)29-21(27)11-10-19-15(3)25-26(16(19)4)13-18-8-6-7-9-20(18)23/h6-11,14,17H,12-13H2,1-5H3,(H,24,28)/b11-10+/t17-/m1/s1. The third-order valence-corrected chi connectivity index (χ3v) is 4.82. The van der Waals surface area contributed by atoms with Gasteiger partial charge in [-0.1, -0.05) is 43.6 Å². The predicted octanol–water partition coefficient (Wildman–Crippen LogP) is 3.92. The molecule has 0 saturated carbocycles. The third-order valence-electron chi connectivity index (χ3n) is 4.45. The zero-order valence-electron chi connectivity index (χ0n) is 17.5. The number of amides is 1. The molecule has 1 aromatic heterocycles. The van der Waals surface area contributed by atoms with Gasteiger partial charge in [-0.25, -0.2) is 4.79 Å². The van der Waals surface area contributed by atoms with E-state index in [1.54, 1.807) is 13.0 Å². The molecule has 0 unspecified atom stereocenters. The van der Waals surface area contributed by atoms with Gasteiger partial charge >= 0.3 is 5.97 Å². The smallest absolute Gasteiger partial charge is 0.331 e. The summed E-state index contributed by atoms with van der Waals surface area (Å²) in [5.74, 6) is -0.551. The molecule has 1 heterocycles. The highest BCUT2D eigenvalue weighted by Crippen LogP contribution is 2.20. The first kappa shape index (κ1) is 22.7. The molecule has 156 valence electrons. The van der Waals surface area contributed by atoms with Crippen LogP contribution in [0.3, 0.4) is 0 Å². The van der Waals surface area contributed by atoms with E-state index in [1.807, 2.05) is 56.6 Å². The molecule has 0 fully saturated rings. The number of esters is 1. The zero-order chi connectivity index (χ0) is 21.6. The molecule has 0 radical (unpaired) electrons. The molecular weight excluding hydrogens is 390 g/mol. The summed E-state index contributed by atoms with van der Waals surface area (Å²) < 4.78 is 7.03. The van der Waals surface area contributed by atoms with E-state index in [-0.39, 0.29) is 5.91 Å². The van der Waals surface area contributed by atoms with E-state index in [2.05, 4.69) is 10.4 Å². The lowest BCUT2D eigenvalue weighted by atomic mass is 10.1. The van der Waals surface area contributed by atoms with Gasteiger partial charge < -0.3 is 10.1 Å². The van der Waals surface area contributed by atoms with Crippen molar-refractivity contribution in [1.29, 1.82) is 0 Å². The minimum absolute atomic E-state index is 0.305. The zero-order valence-corrected chi connectivity index (χ0v) is 18.3. The molecule has 0 aliphatic carbocycles. The molecule has 1 aromatic carbocycles. The maximum Gasteiger partial charge on any atom is 0.331 e. The molecule has 0 spiro atoms. The summed E-state index contributed by atoms with van der Waals surface area (Å²) in [5, 5.41) is 7.98. The Balaban J connectivity index is 2.03. The normalized spacial score (nSPS) is 12.4. The van der Waals surface area contributed by atoms with Gasteiger partial charge in [0.05, 0.1) is 12.2 Å². The molecule has 0 aliphatic heterocycles. The quantitative estimate of drug-likeness (QED) is 0.522. The van der Waals surface area contributed by atoms with Crippen LogP contribution in [0.15, 0.2) is 30.3 Å². The second kappa shape index (κ2) is 10.3. The number of nitrogens with zero attached hydrogens (tertiary/aromatic N) is 2. The molecular formula is C22H28ClN3O3. The van der Waals surface area contributed by atoms with Crippen molar-refractivity contribution >= 4 is 29.6 Å². The number of benzene rings is 1. The predicted molar refractivity (Wildman–Crippen MR) is 115 cm³/mol. The van der Waals surface area contributed by atoms with E-state index in [9.17, 15) is 9.59 Å². The van der Waals surface area contributed by atoms with Crippen LogP contribution >= 0.6 is 11.6 Å². The van der Waals surface area contributed by atoms with E-state index in [0.717, 1.165) is 22.5 Å². The Morgan fingerprint density at radius 1 is 1.24 bits per heavy atom. The van der Waals surface area contributed by atoms with Crippen molar-refractivity contribution in [1.82, 2.24) is 15.1 Å². The van der Waals surface area contributed by atoms with E-state index in [4.69, 9.17) is 16.3 Å². The molecule has 1 atom stereocenters. The molecule has 2 rings (SSSR count). The van der Waals surface area contributed by atoms with Crippen LogP contribution in [0.5, 0.6) is 0 Å². The molecule has 2 aromatic rings. The van der Waals surface area contributed by atoms with Crippen LogP contribution in [0.25, 0.3) is 6.08 Å². The Hall–Kier alpha value is -2.60. The molecule has 6 nitrogen and oxygen atoms in total. The summed E-state index contributed by atoms with van der Waals surface area (Å²) in [6.07, 6.45) is 2.14. The number of hydrogen-bond donors (Lipinski definition) is 1. The second-order valence-electron chi connectivity index (χ2n) is 7.39. The van der Waals surface area contributed by atoms with Gasteiger partial charge in [0.1, 0.15) is 0 Å². The highest BCUT2D eigenvalue weighted by Gasteiger charge is 2.17. The number of aromatic nitrogens is 2. The monoisotopic (exact) mass is 417 g/mol. The first-order valence-corrected chi connectivity index (χ1v) is 10.0. The topological polar surface area (TPSA) is 73.2 Å². The number of nitrogens with one attached hydrogen (secondary N) is 1. The Morgan fingerprint density at radius 2 is 1.93 bits per heavy atom. The maximum atomic E-state index is 12.1. The summed E-state index contributed by atoms with van der Waals surface area (Å²) in [5.41, 5.74) is 3.51. The molecule has 0 saturated heterocycles. The van der Waals surface area contributed by atoms with Gasteiger partial charge in [0, 0.05) is 28.9 Å². The van der Waals surface area contributed by atoms with Gasteiger partial charge in [0.15, 0.2) is 6.10 Å². The lowest BCUT2D eigenvalue weighted by Gasteiger charge is -2.13. The van der Waals surface area contributed by atoms with E-state index in [1.165, 1.54) is 6.08 Å². The van der Waals surface area contributed by atoms with Crippen LogP contribution in [0.1, 0.15) is 43.3 Å². The molecule has 0 bridgehead atoms. The SMILES string of the molecule is Cc1nn(Cc2ccccc2Cl)c(C)c1/C=C/C(=O)O[C@H](C)C(=O)NCC(C)C. The largest absolute Gasteiger partial charge is 0.449 e. The number of aryl methyl sites for hydroxylation is 1. The molecule has 1 N–H and O–H groups in total. The highest BCUT2D eigenvalue weighted by molar-refractivity contribution is 6.31. The van der Waals surface area contributed by atoms with Crippen molar-refractivity contribution in [3.63, 3.8) is 0 Å². The second-order valence-corrected chi connectivity index (χ2v) is 7.79. The minimum Gasteiger partial charge on any atom is -0.449 e. The fourth-order valence-corrected chi connectivity index (χ4v) is 2.96. The fraction of sp³-hybridized carbons (Fsp3) is 0.409. The average molecular weight is 418 g/mol. The van der Waals surface area contributed by atoms with Gasteiger partial charge in [-0.05, 0) is 44.4 Å². The maximum absolute atomic E-state index is 12.1. The number of ether oxygens (including phenoxy) is 1. The van der Waals surface area contributed by atoms with Crippen molar-refractivity contribution in [2.24, 2.45) is 5.92 Å². The summed E-state index contributed by atoms with van der Waals surface area (Å²) in [4.78, 5) is 24.0. The van der Waals surface area contributed by atoms with Gasteiger partial charge in [0.25, 0.3) is 5.91 Å². The van der Waals surface area contributed by atoms with E-state index in [0.29, 0.717) is 24.0 Å². The number of rotatable bonds is 8. The van der Waals surface area contributed by atoms with Gasteiger partial charge in [-0.2, -0.15) is 5.10 Å². The van der Waals surface area contributed by atoms with E-state index < -0.39 is 12.1 Å². The van der Waals surface area contributed by atoms with Crippen molar-refractivity contribution in [3.05, 3.63) is 57.9 Å². The fourth-order valence-electron chi connectivity index (χ4n) is 2.76. The lowest BCUT2D eigenvalue weighted by Crippen LogP contribution is -2.37. The van der Waals surface area contributed by atoms with Crippen LogP contribution in [0.4, 0.5) is 0 Å². The summed E-state index contributed by atoms with van der Waals surface area (Å²) >= 11 is 6.24. The third kappa shape index (κ3) is 6.46. The molecule has 0 aliphatic rings. The number of carbonyl (C=O) groups is 2. The van der Waals surface area contributed by atoms with Crippen LogP contribution < -0.4 is 5.32 Å². The van der Waals surface area contributed by atoms with Crippen LogP contribution in [0, 0.1) is 19.8 Å². The van der Waals surface area contributed by atoms with Gasteiger partial charge in [0.2, 0.25) is 0 Å². The van der Waals surface area contributed by atoms with Crippen molar-refractivity contribution in [2.45, 2.75) is 47.3 Å². The summed E-state index contributed by atoms with van der Waals surface area (Å²) in [6.45, 7) is 10.4. The molecule has 1 amide bonds. The number of hydrogen-bond acceptors (Lipinski definition) is 4. The Labute approximate surface area is 176 Å². The Bertz CT molecular complexity index is 903. The first-order valence-electron chi connectivity index (χ1n) is 9.62. The Morgan fingerprint density at radius 3 is 2.59 bits per heavy atom. The minimum atomic E-state index is -0.851. The molecule has 7 heteroatoms. The van der Waals surface area contributed by atoms with Crippen LogP contribution in [0.2, 0.25) is 5.02 Å². The molecule has 29 heavy (non-hydrogen) atoms. The Kier molecular flexibility index (Phi) is 8.02. The highest BCUT2D eigenvalue weighted by atomic mass is 35.5. The van der Waals surface area contributed by atoms with Crippen molar-refractivity contribution in [2.75, 3.05) is 6.54 Å². The van der Waals surface area contributed by atoms with Crippen LogP contribution in [-0.2, 0) is 20.9 Å². The summed E-state index contributed by atoms with van der Waals surface area (Å²) in [7, 11) is 0. The van der Waals surface area contributed by atoms with Gasteiger partial charge in [-0.15, -0.1) is 0 Å². The number of carbonyl (C=O) groups excluding carboxylic acids is 2. The lowest BCUT2D eigenvalue weighted by molar-refractivity contribution is -0.150. The van der Waals surface area contributed by atoms with Crippen molar-refractivity contribution < 1.29 is 14.3 Å². The number of halogens is 1.